The highest BCUT2D eigenvalue weighted by molar-refractivity contribution is 5.80. The minimum atomic E-state index is -0.950. The molecule has 1 aliphatic rings. The van der Waals surface area contributed by atoms with E-state index in [-0.39, 0.29) is 18.6 Å². The van der Waals surface area contributed by atoms with E-state index >= 15 is 0 Å². The Morgan fingerprint density at radius 2 is 2.00 bits per heavy atom. The summed E-state index contributed by atoms with van der Waals surface area (Å²) in [6.07, 6.45) is -0.244. The second kappa shape index (κ2) is 8.01. The van der Waals surface area contributed by atoms with E-state index in [9.17, 15) is 9.59 Å². The Hall–Kier alpha value is -2.28. The van der Waals surface area contributed by atoms with Gasteiger partial charge in [-0.3, -0.25) is 14.5 Å². The molecule has 0 aromatic heterocycles. The molecular weight excluding hydrogens is 312 g/mol. The summed E-state index contributed by atoms with van der Waals surface area (Å²) in [5.41, 5.74) is 0. The molecule has 2 rings (SSSR count). The lowest BCUT2D eigenvalue weighted by Crippen LogP contribution is -2.48. The van der Waals surface area contributed by atoms with Crippen LogP contribution in [-0.2, 0) is 9.59 Å². The van der Waals surface area contributed by atoms with E-state index in [1.807, 2.05) is 31.2 Å². The summed E-state index contributed by atoms with van der Waals surface area (Å²) in [6.45, 7) is 4.79. The van der Waals surface area contributed by atoms with Crippen LogP contribution < -0.4 is 9.47 Å². The average Bonchev–Trinajstić information content (AvgIpc) is 2.58. The Bertz CT molecular complexity index is 592. The number of carboxylic acid groups (broad SMARTS) is 1. The molecule has 2 unspecified atom stereocenters. The molecule has 24 heavy (non-hydrogen) atoms. The molecule has 1 heterocycles. The normalized spacial score (nSPS) is 17.4. The molecule has 0 bridgehead atoms. The van der Waals surface area contributed by atoms with E-state index in [4.69, 9.17) is 14.6 Å². The number of carboxylic acids is 1. The maximum Gasteiger partial charge on any atom is 0.320 e. The third-order valence-corrected chi connectivity index (χ3v) is 4.13. The summed E-state index contributed by atoms with van der Waals surface area (Å²) in [7, 11) is 1.63. The quantitative estimate of drug-likeness (QED) is 0.803. The minimum Gasteiger partial charge on any atom is -0.486 e. The summed E-state index contributed by atoms with van der Waals surface area (Å²) >= 11 is 0. The van der Waals surface area contributed by atoms with E-state index in [0.717, 1.165) is 0 Å². The number of para-hydroxylation sites is 2. The van der Waals surface area contributed by atoms with Crippen molar-refractivity contribution in [2.75, 3.05) is 33.3 Å². The number of fused-ring (bicyclic) bond motifs is 1. The molecule has 0 saturated carbocycles. The van der Waals surface area contributed by atoms with Crippen LogP contribution in [0.5, 0.6) is 11.5 Å². The largest absolute Gasteiger partial charge is 0.486 e. The van der Waals surface area contributed by atoms with Gasteiger partial charge in [0, 0.05) is 6.54 Å². The van der Waals surface area contributed by atoms with Gasteiger partial charge in [-0.25, -0.2) is 0 Å². The van der Waals surface area contributed by atoms with Crippen molar-refractivity contribution in [1.82, 2.24) is 9.80 Å². The number of carbonyl (C=O) groups excluding carboxylic acids is 1. The molecule has 1 amide bonds. The van der Waals surface area contributed by atoms with Gasteiger partial charge in [-0.1, -0.05) is 12.1 Å². The van der Waals surface area contributed by atoms with E-state index in [2.05, 4.69) is 0 Å². The van der Waals surface area contributed by atoms with Gasteiger partial charge >= 0.3 is 5.97 Å². The smallest absolute Gasteiger partial charge is 0.320 e. The van der Waals surface area contributed by atoms with Crippen molar-refractivity contribution in [2.45, 2.75) is 26.0 Å². The van der Waals surface area contributed by atoms with Crippen LogP contribution in [0.15, 0.2) is 24.3 Å². The van der Waals surface area contributed by atoms with Crippen LogP contribution in [0.4, 0.5) is 0 Å². The van der Waals surface area contributed by atoms with Crippen LogP contribution in [0.1, 0.15) is 13.8 Å². The van der Waals surface area contributed by atoms with Gasteiger partial charge in [0.1, 0.15) is 12.6 Å². The average molecular weight is 336 g/mol. The van der Waals surface area contributed by atoms with Gasteiger partial charge in [0.25, 0.3) is 0 Å². The molecule has 2 atom stereocenters. The Morgan fingerprint density at radius 3 is 2.62 bits per heavy atom. The zero-order valence-corrected chi connectivity index (χ0v) is 14.3. The van der Waals surface area contributed by atoms with Gasteiger partial charge in [-0.15, -0.1) is 0 Å². The number of carbonyl (C=O) groups is 2. The molecule has 0 radical (unpaired) electrons. The number of ether oxygens (including phenoxy) is 2. The fraction of sp³-hybridized carbons (Fsp3) is 0.529. The second-order valence-electron chi connectivity index (χ2n) is 5.86. The van der Waals surface area contributed by atoms with Crippen molar-refractivity contribution in [1.29, 1.82) is 0 Å². The SMILES string of the molecule is CCN(CC1COc2ccccc2O1)C(=O)CN(C)C(C)C(=O)O. The van der Waals surface area contributed by atoms with Crippen molar-refractivity contribution in [2.24, 2.45) is 0 Å². The maximum absolute atomic E-state index is 12.4. The van der Waals surface area contributed by atoms with Crippen LogP contribution in [-0.4, -0.2) is 72.2 Å². The van der Waals surface area contributed by atoms with E-state index < -0.39 is 12.0 Å². The Labute approximate surface area is 141 Å². The monoisotopic (exact) mass is 336 g/mol. The van der Waals surface area contributed by atoms with Crippen LogP contribution in [0.25, 0.3) is 0 Å². The fourth-order valence-electron chi connectivity index (χ4n) is 2.44. The summed E-state index contributed by atoms with van der Waals surface area (Å²) in [5, 5.41) is 9.01. The lowest BCUT2D eigenvalue weighted by molar-refractivity contribution is -0.143. The van der Waals surface area contributed by atoms with Crippen LogP contribution >= 0.6 is 0 Å². The number of hydrogen-bond acceptors (Lipinski definition) is 5. The highest BCUT2D eigenvalue weighted by Gasteiger charge is 2.26. The Kier molecular flexibility index (Phi) is 6.03. The van der Waals surface area contributed by atoms with Gasteiger partial charge in [0.2, 0.25) is 5.91 Å². The topological polar surface area (TPSA) is 79.3 Å². The molecule has 0 fully saturated rings. The molecule has 0 saturated heterocycles. The van der Waals surface area contributed by atoms with Crippen molar-refractivity contribution in [3.05, 3.63) is 24.3 Å². The number of likely N-dealkylation sites (N-methyl/N-ethyl adjacent to an activating group) is 2. The van der Waals surface area contributed by atoms with Gasteiger partial charge < -0.3 is 19.5 Å². The minimum absolute atomic E-state index is 0.0471. The van der Waals surface area contributed by atoms with Crippen LogP contribution in [0.3, 0.4) is 0 Å². The van der Waals surface area contributed by atoms with E-state index in [1.54, 1.807) is 18.9 Å². The predicted molar refractivity (Wildman–Crippen MR) is 88.3 cm³/mol. The predicted octanol–water partition coefficient (Wildman–Crippen LogP) is 1.08. The lowest BCUT2D eigenvalue weighted by Gasteiger charge is -2.32. The summed E-state index contributed by atoms with van der Waals surface area (Å²) in [4.78, 5) is 26.6. The zero-order chi connectivity index (χ0) is 17.7. The van der Waals surface area contributed by atoms with Gasteiger partial charge in [0.15, 0.2) is 17.6 Å². The number of benzene rings is 1. The van der Waals surface area contributed by atoms with Gasteiger partial charge in [-0.05, 0) is 33.0 Å². The van der Waals surface area contributed by atoms with Crippen LogP contribution in [0, 0.1) is 0 Å². The number of nitrogens with zero attached hydrogens (tertiary/aromatic N) is 2. The number of hydrogen-bond donors (Lipinski definition) is 1. The molecule has 1 aromatic rings. The van der Waals surface area contributed by atoms with E-state index in [1.165, 1.54) is 4.90 Å². The third-order valence-electron chi connectivity index (χ3n) is 4.13. The highest BCUT2D eigenvalue weighted by Crippen LogP contribution is 2.30. The maximum atomic E-state index is 12.4. The van der Waals surface area contributed by atoms with Gasteiger partial charge in [-0.2, -0.15) is 0 Å². The molecule has 7 heteroatoms. The first-order valence-electron chi connectivity index (χ1n) is 8.01. The van der Waals surface area contributed by atoms with Crippen molar-refractivity contribution in [3.63, 3.8) is 0 Å². The first-order chi connectivity index (χ1) is 11.4. The molecular formula is C17H24N2O5. The summed E-state index contributed by atoms with van der Waals surface area (Å²) in [5.74, 6) is 0.302. The standard InChI is InChI=1S/C17H24N2O5/c1-4-19(16(20)10-18(3)12(2)17(21)22)9-13-11-23-14-7-5-6-8-15(14)24-13/h5-8,12-13H,4,9-11H2,1-3H3,(H,21,22). The highest BCUT2D eigenvalue weighted by atomic mass is 16.6. The molecule has 0 spiro atoms. The van der Waals surface area contributed by atoms with Crippen molar-refractivity contribution >= 4 is 11.9 Å². The lowest BCUT2D eigenvalue weighted by atomic mass is 10.2. The summed E-state index contributed by atoms with van der Waals surface area (Å²) in [6, 6.07) is 6.71. The number of aliphatic carboxylic acids is 1. The number of amides is 1. The van der Waals surface area contributed by atoms with E-state index in [0.29, 0.717) is 31.2 Å². The first kappa shape index (κ1) is 18.1. The number of rotatable bonds is 7. The molecule has 1 aliphatic heterocycles. The molecule has 132 valence electrons. The Morgan fingerprint density at radius 1 is 1.33 bits per heavy atom. The zero-order valence-electron chi connectivity index (χ0n) is 14.3. The second-order valence-corrected chi connectivity index (χ2v) is 5.86. The molecule has 1 aromatic carbocycles. The molecule has 1 N–H and O–H groups in total. The molecule has 7 nitrogen and oxygen atoms in total. The summed E-state index contributed by atoms with van der Waals surface area (Å²) < 4.78 is 11.5. The first-order valence-corrected chi connectivity index (χ1v) is 8.01. The molecule has 0 aliphatic carbocycles. The fourth-order valence-corrected chi connectivity index (χ4v) is 2.44. The Balaban J connectivity index is 1.92. The van der Waals surface area contributed by atoms with Gasteiger partial charge in [0.05, 0.1) is 13.1 Å². The van der Waals surface area contributed by atoms with Crippen molar-refractivity contribution in [3.8, 4) is 11.5 Å². The van der Waals surface area contributed by atoms with Crippen LogP contribution in [0.2, 0.25) is 0 Å². The van der Waals surface area contributed by atoms with Crippen molar-refractivity contribution < 1.29 is 24.2 Å². The third kappa shape index (κ3) is 4.38.